The molecule has 0 fully saturated rings. The number of carbonyl (C=O) groups excluding carboxylic acids is 1. The van der Waals surface area contributed by atoms with Gasteiger partial charge in [0, 0.05) is 38.4 Å². The number of hydrogen-bond donors (Lipinski definition) is 1. The minimum Gasteiger partial charge on any atom is -0.490 e. The van der Waals surface area contributed by atoms with Crippen LogP contribution in [-0.2, 0) is 11.8 Å². The molecule has 1 aromatic carbocycles. The SMILES string of the molecule is COC[C@@H](C)NC(=O)c1cn(C)nc1-c1ccc2c(c1)OCCCO2. The Kier molecular flexibility index (Phi) is 5.23. The van der Waals surface area contributed by atoms with Gasteiger partial charge in [0.1, 0.15) is 5.69 Å². The van der Waals surface area contributed by atoms with Crippen molar-refractivity contribution in [2.24, 2.45) is 7.05 Å². The van der Waals surface area contributed by atoms with E-state index in [2.05, 4.69) is 10.4 Å². The van der Waals surface area contributed by atoms with E-state index in [1.807, 2.05) is 25.1 Å². The predicted octanol–water partition coefficient (Wildman–Crippen LogP) is 2.01. The van der Waals surface area contributed by atoms with E-state index in [-0.39, 0.29) is 11.9 Å². The molecular weight excluding hydrogens is 322 g/mol. The molecule has 2 heterocycles. The zero-order valence-corrected chi connectivity index (χ0v) is 14.7. The first-order valence-corrected chi connectivity index (χ1v) is 8.32. The Morgan fingerprint density at radius 3 is 2.88 bits per heavy atom. The molecule has 1 amide bonds. The summed E-state index contributed by atoms with van der Waals surface area (Å²) in [5.74, 6) is 1.22. The number of fused-ring (bicyclic) bond motifs is 1. The lowest BCUT2D eigenvalue weighted by molar-refractivity contribution is 0.0906. The van der Waals surface area contributed by atoms with Crippen LogP contribution in [0.3, 0.4) is 0 Å². The van der Waals surface area contributed by atoms with Crippen LogP contribution >= 0.6 is 0 Å². The maximum absolute atomic E-state index is 12.6. The number of hydrogen-bond acceptors (Lipinski definition) is 5. The number of aryl methyl sites for hydroxylation is 1. The molecule has 0 radical (unpaired) electrons. The Balaban J connectivity index is 1.90. The summed E-state index contributed by atoms with van der Waals surface area (Å²) < 4.78 is 18.1. The molecule has 1 aliphatic rings. The molecule has 1 aromatic heterocycles. The van der Waals surface area contributed by atoms with Crippen LogP contribution < -0.4 is 14.8 Å². The molecule has 25 heavy (non-hydrogen) atoms. The van der Waals surface area contributed by atoms with Crippen molar-refractivity contribution >= 4 is 5.91 Å². The summed E-state index contributed by atoms with van der Waals surface area (Å²) in [6, 6.07) is 5.54. The van der Waals surface area contributed by atoms with E-state index in [1.54, 1.807) is 25.0 Å². The molecule has 1 atom stereocenters. The predicted molar refractivity (Wildman–Crippen MR) is 93.1 cm³/mol. The topological polar surface area (TPSA) is 74.6 Å². The van der Waals surface area contributed by atoms with E-state index in [9.17, 15) is 4.79 Å². The second kappa shape index (κ2) is 7.57. The van der Waals surface area contributed by atoms with Crippen molar-refractivity contribution < 1.29 is 19.0 Å². The average Bonchev–Trinajstić information content (AvgIpc) is 2.83. The van der Waals surface area contributed by atoms with Crippen LogP contribution in [0.1, 0.15) is 23.7 Å². The summed E-state index contributed by atoms with van der Waals surface area (Å²) in [6.45, 7) is 3.60. The van der Waals surface area contributed by atoms with Gasteiger partial charge in [0.2, 0.25) is 0 Å². The van der Waals surface area contributed by atoms with Gasteiger partial charge >= 0.3 is 0 Å². The third kappa shape index (κ3) is 3.93. The number of rotatable bonds is 5. The summed E-state index contributed by atoms with van der Waals surface area (Å²) in [4.78, 5) is 12.6. The van der Waals surface area contributed by atoms with Crippen molar-refractivity contribution in [3.8, 4) is 22.8 Å². The Bertz CT molecular complexity index is 757. The Morgan fingerprint density at radius 2 is 2.12 bits per heavy atom. The van der Waals surface area contributed by atoms with Crippen LogP contribution in [0.25, 0.3) is 11.3 Å². The van der Waals surface area contributed by atoms with Gasteiger partial charge in [-0.3, -0.25) is 9.48 Å². The van der Waals surface area contributed by atoms with Crippen molar-refractivity contribution in [2.45, 2.75) is 19.4 Å². The fourth-order valence-electron chi connectivity index (χ4n) is 2.77. The normalized spacial score (nSPS) is 14.7. The fourth-order valence-corrected chi connectivity index (χ4v) is 2.77. The van der Waals surface area contributed by atoms with Crippen molar-refractivity contribution in [3.05, 3.63) is 30.0 Å². The quantitative estimate of drug-likeness (QED) is 0.897. The lowest BCUT2D eigenvalue weighted by Gasteiger charge is -2.13. The highest BCUT2D eigenvalue weighted by Crippen LogP contribution is 2.34. The largest absolute Gasteiger partial charge is 0.490 e. The zero-order chi connectivity index (χ0) is 17.8. The minimum absolute atomic E-state index is 0.0886. The van der Waals surface area contributed by atoms with Gasteiger partial charge < -0.3 is 19.5 Å². The zero-order valence-electron chi connectivity index (χ0n) is 14.7. The van der Waals surface area contributed by atoms with Gasteiger partial charge in [-0.2, -0.15) is 5.10 Å². The monoisotopic (exact) mass is 345 g/mol. The van der Waals surface area contributed by atoms with Gasteiger partial charge in [0.15, 0.2) is 11.5 Å². The van der Waals surface area contributed by atoms with Crippen LogP contribution in [0.2, 0.25) is 0 Å². The molecule has 3 rings (SSSR count). The van der Waals surface area contributed by atoms with Gasteiger partial charge in [-0.05, 0) is 25.1 Å². The Hall–Kier alpha value is -2.54. The van der Waals surface area contributed by atoms with Gasteiger partial charge in [-0.1, -0.05) is 0 Å². The van der Waals surface area contributed by atoms with E-state index in [0.717, 1.165) is 17.7 Å². The third-order valence-electron chi connectivity index (χ3n) is 3.89. The summed E-state index contributed by atoms with van der Waals surface area (Å²) in [5, 5.41) is 7.38. The first kappa shape index (κ1) is 17.3. The molecular formula is C18H23N3O4. The highest BCUT2D eigenvalue weighted by molar-refractivity contribution is 6.00. The second-order valence-corrected chi connectivity index (χ2v) is 6.11. The molecule has 7 heteroatoms. The maximum atomic E-state index is 12.6. The minimum atomic E-state index is -0.181. The summed E-state index contributed by atoms with van der Waals surface area (Å²) in [5.41, 5.74) is 1.94. The third-order valence-corrected chi connectivity index (χ3v) is 3.89. The van der Waals surface area contributed by atoms with Crippen molar-refractivity contribution in [3.63, 3.8) is 0 Å². The number of methoxy groups -OCH3 is 1. The number of ether oxygens (including phenoxy) is 3. The Labute approximate surface area is 146 Å². The van der Waals surface area contributed by atoms with Crippen LogP contribution in [0.15, 0.2) is 24.4 Å². The van der Waals surface area contributed by atoms with E-state index in [1.165, 1.54) is 0 Å². The highest BCUT2D eigenvalue weighted by Gasteiger charge is 2.20. The van der Waals surface area contributed by atoms with Crippen molar-refractivity contribution in [1.82, 2.24) is 15.1 Å². The number of aromatic nitrogens is 2. The summed E-state index contributed by atoms with van der Waals surface area (Å²) in [6.07, 6.45) is 2.56. The summed E-state index contributed by atoms with van der Waals surface area (Å²) >= 11 is 0. The van der Waals surface area contributed by atoms with Crippen molar-refractivity contribution in [1.29, 1.82) is 0 Å². The average molecular weight is 345 g/mol. The van der Waals surface area contributed by atoms with Crippen LogP contribution in [0.4, 0.5) is 0 Å². The smallest absolute Gasteiger partial charge is 0.255 e. The first-order chi connectivity index (χ1) is 12.1. The Morgan fingerprint density at radius 1 is 1.36 bits per heavy atom. The van der Waals surface area contributed by atoms with E-state index < -0.39 is 0 Å². The molecule has 1 N–H and O–H groups in total. The molecule has 134 valence electrons. The first-order valence-electron chi connectivity index (χ1n) is 8.32. The van der Waals surface area contributed by atoms with Gasteiger partial charge in [-0.15, -0.1) is 0 Å². The van der Waals surface area contributed by atoms with Crippen LogP contribution in [-0.4, -0.2) is 48.7 Å². The lowest BCUT2D eigenvalue weighted by atomic mass is 10.1. The van der Waals surface area contributed by atoms with E-state index in [0.29, 0.717) is 36.8 Å². The second-order valence-electron chi connectivity index (χ2n) is 6.11. The molecule has 0 saturated heterocycles. The van der Waals surface area contributed by atoms with Gasteiger partial charge in [-0.25, -0.2) is 0 Å². The molecule has 1 aliphatic heterocycles. The fraction of sp³-hybridized carbons (Fsp3) is 0.444. The number of nitrogens with zero attached hydrogens (tertiary/aromatic N) is 2. The molecule has 2 aromatic rings. The molecule has 0 unspecified atom stereocenters. The van der Waals surface area contributed by atoms with E-state index in [4.69, 9.17) is 14.2 Å². The number of benzene rings is 1. The summed E-state index contributed by atoms with van der Waals surface area (Å²) in [7, 11) is 3.40. The maximum Gasteiger partial charge on any atom is 0.255 e. The van der Waals surface area contributed by atoms with Gasteiger partial charge in [0.05, 0.1) is 25.4 Å². The highest BCUT2D eigenvalue weighted by atomic mass is 16.5. The van der Waals surface area contributed by atoms with Gasteiger partial charge in [0.25, 0.3) is 5.91 Å². The van der Waals surface area contributed by atoms with E-state index >= 15 is 0 Å². The molecule has 0 bridgehead atoms. The number of amides is 1. The van der Waals surface area contributed by atoms with Crippen LogP contribution in [0, 0.1) is 0 Å². The molecule has 7 nitrogen and oxygen atoms in total. The molecule has 0 saturated carbocycles. The lowest BCUT2D eigenvalue weighted by Crippen LogP contribution is -2.35. The standard InChI is InChI=1S/C18H23N3O4/c1-12(11-23-3)19-18(22)14-10-21(2)20-17(14)13-5-6-15-16(9-13)25-8-4-7-24-15/h5-6,9-10,12H,4,7-8,11H2,1-3H3,(H,19,22)/t12-/m1/s1. The van der Waals surface area contributed by atoms with Crippen molar-refractivity contribution in [2.75, 3.05) is 26.9 Å². The molecule has 0 aliphatic carbocycles. The number of carbonyl (C=O) groups is 1. The van der Waals surface area contributed by atoms with Crippen LogP contribution in [0.5, 0.6) is 11.5 Å². The number of nitrogens with one attached hydrogen (secondary N) is 1. The molecule has 0 spiro atoms.